The molecule has 0 saturated carbocycles. The van der Waals surface area contributed by atoms with Gasteiger partial charge in [-0.05, 0) is 19.1 Å². The molecule has 0 aliphatic heterocycles. The Labute approximate surface area is 123 Å². The van der Waals surface area contributed by atoms with Crippen LogP contribution in [0.2, 0.25) is 0 Å². The molecular formula is C15H20N2O2S. The minimum atomic E-state index is 0.520. The van der Waals surface area contributed by atoms with Crippen LogP contribution in [0, 0.1) is 6.92 Å². The summed E-state index contributed by atoms with van der Waals surface area (Å²) in [5.74, 6) is 0.880. The van der Waals surface area contributed by atoms with Gasteiger partial charge in [0.25, 0.3) is 0 Å². The number of thiazole rings is 1. The molecule has 0 saturated heterocycles. The van der Waals surface area contributed by atoms with E-state index in [1.165, 1.54) is 10.4 Å². The first-order valence-corrected chi connectivity index (χ1v) is 7.42. The number of hydrogen-bond acceptors (Lipinski definition) is 5. The summed E-state index contributed by atoms with van der Waals surface area (Å²) in [4.78, 5) is 5.58. The molecule has 1 aromatic carbocycles. The monoisotopic (exact) mass is 292 g/mol. The summed E-state index contributed by atoms with van der Waals surface area (Å²) in [5, 5.41) is 4.30. The van der Waals surface area contributed by atoms with Crippen LogP contribution in [-0.4, -0.2) is 25.2 Å². The first kappa shape index (κ1) is 15.0. The van der Waals surface area contributed by atoms with E-state index in [0.717, 1.165) is 30.5 Å². The first-order valence-electron chi connectivity index (χ1n) is 6.60. The van der Waals surface area contributed by atoms with Crippen molar-refractivity contribution in [3.63, 3.8) is 0 Å². The molecule has 1 aromatic heterocycles. The molecule has 0 spiro atoms. The fourth-order valence-electron chi connectivity index (χ4n) is 1.66. The molecule has 0 unspecified atom stereocenters. The number of methoxy groups -OCH3 is 1. The quantitative estimate of drug-likeness (QED) is 0.760. The molecule has 2 aromatic rings. The molecule has 4 nitrogen and oxygen atoms in total. The van der Waals surface area contributed by atoms with Crippen LogP contribution in [0.5, 0.6) is 5.75 Å². The van der Waals surface area contributed by atoms with E-state index in [2.05, 4.69) is 17.2 Å². The molecule has 0 aliphatic carbocycles. The Balaban J connectivity index is 1.76. The SMILES string of the molecule is COCCNCc1cnc(COc2ccc(C)cc2)s1. The number of aryl methyl sites for hydroxylation is 1. The van der Waals surface area contributed by atoms with Gasteiger partial charge in [0.2, 0.25) is 0 Å². The number of hydrogen-bond donors (Lipinski definition) is 1. The summed E-state index contributed by atoms with van der Waals surface area (Å²) in [6.07, 6.45) is 1.90. The Morgan fingerprint density at radius 1 is 1.25 bits per heavy atom. The van der Waals surface area contributed by atoms with Gasteiger partial charge >= 0.3 is 0 Å². The lowest BCUT2D eigenvalue weighted by atomic mass is 10.2. The number of nitrogens with one attached hydrogen (secondary N) is 1. The fourth-order valence-corrected chi connectivity index (χ4v) is 2.47. The molecule has 1 heterocycles. The van der Waals surface area contributed by atoms with Gasteiger partial charge < -0.3 is 14.8 Å². The van der Waals surface area contributed by atoms with E-state index >= 15 is 0 Å². The zero-order valence-corrected chi connectivity index (χ0v) is 12.7. The van der Waals surface area contributed by atoms with E-state index in [1.807, 2.05) is 30.5 Å². The second-order valence-electron chi connectivity index (χ2n) is 4.49. The average molecular weight is 292 g/mol. The summed E-state index contributed by atoms with van der Waals surface area (Å²) in [6, 6.07) is 8.05. The third-order valence-corrected chi connectivity index (χ3v) is 3.74. The lowest BCUT2D eigenvalue weighted by Crippen LogP contribution is -2.17. The molecular weight excluding hydrogens is 272 g/mol. The topological polar surface area (TPSA) is 43.4 Å². The van der Waals surface area contributed by atoms with Gasteiger partial charge in [-0.2, -0.15) is 0 Å². The Hall–Kier alpha value is -1.43. The minimum Gasteiger partial charge on any atom is -0.486 e. The van der Waals surface area contributed by atoms with Crippen molar-refractivity contribution in [3.8, 4) is 5.75 Å². The van der Waals surface area contributed by atoms with E-state index in [-0.39, 0.29) is 0 Å². The zero-order chi connectivity index (χ0) is 14.2. The lowest BCUT2D eigenvalue weighted by molar-refractivity contribution is 0.199. The van der Waals surface area contributed by atoms with Crippen molar-refractivity contribution in [2.24, 2.45) is 0 Å². The smallest absolute Gasteiger partial charge is 0.140 e. The Bertz CT molecular complexity index is 511. The van der Waals surface area contributed by atoms with Gasteiger partial charge in [-0.15, -0.1) is 11.3 Å². The molecule has 20 heavy (non-hydrogen) atoms. The van der Waals surface area contributed by atoms with Crippen LogP contribution in [0.3, 0.4) is 0 Å². The van der Waals surface area contributed by atoms with Gasteiger partial charge in [0.1, 0.15) is 17.4 Å². The van der Waals surface area contributed by atoms with Crippen molar-refractivity contribution in [2.45, 2.75) is 20.1 Å². The third-order valence-electron chi connectivity index (χ3n) is 2.77. The molecule has 0 amide bonds. The summed E-state index contributed by atoms with van der Waals surface area (Å²) in [5.41, 5.74) is 1.23. The van der Waals surface area contributed by atoms with Crippen molar-refractivity contribution in [2.75, 3.05) is 20.3 Å². The minimum absolute atomic E-state index is 0.520. The highest BCUT2D eigenvalue weighted by Gasteiger charge is 2.03. The van der Waals surface area contributed by atoms with Crippen molar-refractivity contribution >= 4 is 11.3 Å². The molecule has 0 atom stereocenters. The predicted molar refractivity (Wildman–Crippen MR) is 81.2 cm³/mol. The second-order valence-corrected chi connectivity index (χ2v) is 5.69. The molecule has 1 N–H and O–H groups in total. The number of rotatable bonds is 8. The van der Waals surface area contributed by atoms with Gasteiger partial charge in [-0.25, -0.2) is 4.98 Å². The number of nitrogens with zero attached hydrogens (tertiary/aromatic N) is 1. The predicted octanol–water partition coefficient (Wildman–Crippen LogP) is 2.77. The van der Waals surface area contributed by atoms with Crippen LogP contribution in [0.25, 0.3) is 0 Å². The maximum atomic E-state index is 5.71. The summed E-state index contributed by atoms with van der Waals surface area (Å²) in [7, 11) is 1.70. The van der Waals surface area contributed by atoms with E-state index in [9.17, 15) is 0 Å². The molecule has 5 heteroatoms. The van der Waals surface area contributed by atoms with Gasteiger partial charge in [-0.1, -0.05) is 17.7 Å². The average Bonchev–Trinajstić information content (AvgIpc) is 2.91. The maximum absolute atomic E-state index is 5.71. The van der Waals surface area contributed by atoms with Gasteiger partial charge in [0, 0.05) is 31.3 Å². The molecule has 108 valence electrons. The van der Waals surface area contributed by atoms with Crippen molar-refractivity contribution in [1.82, 2.24) is 10.3 Å². The van der Waals surface area contributed by atoms with Crippen LogP contribution in [0.1, 0.15) is 15.4 Å². The third kappa shape index (κ3) is 4.92. The van der Waals surface area contributed by atoms with Gasteiger partial charge in [-0.3, -0.25) is 0 Å². The van der Waals surface area contributed by atoms with Crippen LogP contribution in [-0.2, 0) is 17.9 Å². The summed E-state index contributed by atoms with van der Waals surface area (Å²) >= 11 is 1.67. The van der Waals surface area contributed by atoms with E-state index in [4.69, 9.17) is 9.47 Å². The summed E-state index contributed by atoms with van der Waals surface area (Å²) in [6.45, 7) is 4.98. The molecule has 0 aliphatic rings. The van der Waals surface area contributed by atoms with E-state index < -0.39 is 0 Å². The Morgan fingerprint density at radius 2 is 2.05 bits per heavy atom. The van der Waals surface area contributed by atoms with Crippen LogP contribution in [0.15, 0.2) is 30.5 Å². The standard InChI is InChI=1S/C15H20N2O2S/c1-12-3-5-13(6-4-12)19-11-15-17-10-14(20-15)9-16-7-8-18-2/h3-6,10,16H,7-9,11H2,1-2H3. The highest BCUT2D eigenvalue weighted by Crippen LogP contribution is 2.17. The Kier molecular flexibility index (Phi) is 5.98. The molecule has 0 fully saturated rings. The van der Waals surface area contributed by atoms with E-state index in [1.54, 1.807) is 18.4 Å². The van der Waals surface area contributed by atoms with E-state index in [0.29, 0.717) is 6.61 Å². The highest BCUT2D eigenvalue weighted by atomic mass is 32.1. The van der Waals surface area contributed by atoms with Crippen LogP contribution in [0.4, 0.5) is 0 Å². The largest absolute Gasteiger partial charge is 0.486 e. The Morgan fingerprint density at radius 3 is 2.80 bits per heavy atom. The van der Waals surface area contributed by atoms with Crippen LogP contribution >= 0.6 is 11.3 Å². The zero-order valence-electron chi connectivity index (χ0n) is 11.9. The maximum Gasteiger partial charge on any atom is 0.140 e. The van der Waals surface area contributed by atoms with Crippen molar-refractivity contribution in [3.05, 3.63) is 45.9 Å². The number of benzene rings is 1. The second kappa shape index (κ2) is 7.99. The van der Waals surface area contributed by atoms with Gasteiger partial charge in [0.15, 0.2) is 0 Å². The molecule has 0 bridgehead atoms. The van der Waals surface area contributed by atoms with Crippen molar-refractivity contribution in [1.29, 1.82) is 0 Å². The first-order chi connectivity index (χ1) is 9.78. The highest BCUT2D eigenvalue weighted by molar-refractivity contribution is 7.11. The van der Waals surface area contributed by atoms with Gasteiger partial charge in [0.05, 0.1) is 6.61 Å². The summed E-state index contributed by atoms with van der Waals surface area (Å²) < 4.78 is 10.7. The van der Waals surface area contributed by atoms with Crippen molar-refractivity contribution < 1.29 is 9.47 Å². The normalized spacial score (nSPS) is 10.7. The fraction of sp³-hybridized carbons (Fsp3) is 0.400. The number of ether oxygens (including phenoxy) is 2. The molecule has 0 radical (unpaired) electrons. The number of aromatic nitrogens is 1. The van der Waals surface area contributed by atoms with Crippen LogP contribution < -0.4 is 10.1 Å². The lowest BCUT2D eigenvalue weighted by Gasteiger charge is -2.03. The molecule has 2 rings (SSSR count).